The first-order valence-corrected chi connectivity index (χ1v) is 6.69. The quantitative estimate of drug-likeness (QED) is 0.853. The van der Waals surface area contributed by atoms with Crippen molar-refractivity contribution in [3.05, 3.63) is 35.4 Å². The van der Waals surface area contributed by atoms with E-state index < -0.39 is 5.54 Å². The molecule has 5 nitrogen and oxygen atoms in total. The lowest BCUT2D eigenvalue weighted by molar-refractivity contribution is -0.132. The molecule has 0 radical (unpaired) electrons. The lowest BCUT2D eigenvalue weighted by atomic mass is 9.93. The maximum atomic E-state index is 12.4. The third kappa shape index (κ3) is 2.25. The first-order chi connectivity index (χ1) is 9.56. The van der Waals surface area contributed by atoms with Crippen LogP contribution in [0.5, 0.6) is 0 Å². The summed E-state index contributed by atoms with van der Waals surface area (Å²) in [4.78, 5) is 25.7. The van der Waals surface area contributed by atoms with E-state index in [0.717, 1.165) is 5.56 Å². The van der Waals surface area contributed by atoms with Crippen molar-refractivity contribution in [1.29, 1.82) is 5.26 Å². The zero-order chi connectivity index (χ0) is 14.8. The minimum absolute atomic E-state index is 0.185. The summed E-state index contributed by atoms with van der Waals surface area (Å²) >= 11 is 0. The summed E-state index contributed by atoms with van der Waals surface area (Å²) in [5, 5.41) is 11.7. The largest absolute Gasteiger partial charge is 0.325 e. The molecule has 0 unspecified atom stereocenters. The normalized spacial score (nSPS) is 16.9. The van der Waals surface area contributed by atoms with Gasteiger partial charge in [0.05, 0.1) is 18.2 Å². The highest BCUT2D eigenvalue weighted by Gasteiger charge is 2.48. The molecule has 0 spiro atoms. The summed E-state index contributed by atoms with van der Waals surface area (Å²) in [5.41, 5.74) is 0.520. The van der Waals surface area contributed by atoms with Gasteiger partial charge in [-0.15, -0.1) is 0 Å². The molecular weight excluding hydrogens is 254 g/mol. The Morgan fingerprint density at radius 2 is 2.00 bits per heavy atom. The average molecular weight is 271 g/mol. The summed E-state index contributed by atoms with van der Waals surface area (Å²) in [6, 6.07) is 8.63. The fourth-order valence-corrected chi connectivity index (χ4v) is 2.47. The van der Waals surface area contributed by atoms with Crippen LogP contribution in [-0.2, 0) is 11.3 Å². The number of benzene rings is 1. The van der Waals surface area contributed by atoms with Crippen LogP contribution >= 0.6 is 0 Å². The molecule has 3 amide bonds. The molecule has 1 fully saturated rings. The van der Waals surface area contributed by atoms with Crippen LogP contribution in [0.4, 0.5) is 4.79 Å². The number of nitrogens with one attached hydrogen (secondary N) is 1. The summed E-state index contributed by atoms with van der Waals surface area (Å²) in [7, 11) is 0. The molecule has 20 heavy (non-hydrogen) atoms. The van der Waals surface area contributed by atoms with Gasteiger partial charge in [0.1, 0.15) is 5.54 Å². The van der Waals surface area contributed by atoms with Crippen LogP contribution in [0, 0.1) is 11.3 Å². The van der Waals surface area contributed by atoms with E-state index in [1.807, 2.05) is 19.9 Å². The van der Waals surface area contributed by atoms with Gasteiger partial charge in [-0.2, -0.15) is 5.26 Å². The van der Waals surface area contributed by atoms with Crippen LogP contribution in [0.15, 0.2) is 24.3 Å². The number of carbonyl (C=O) groups excluding carboxylic acids is 2. The predicted molar refractivity (Wildman–Crippen MR) is 73.6 cm³/mol. The second-order valence-electron chi connectivity index (χ2n) is 4.92. The Balaban J connectivity index is 2.24. The monoisotopic (exact) mass is 271 g/mol. The summed E-state index contributed by atoms with van der Waals surface area (Å²) in [5.74, 6) is -0.185. The molecule has 1 heterocycles. The molecule has 1 aromatic rings. The minimum atomic E-state index is -0.774. The summed E-state index contributed by atoms with van der Waals surface area (Å²) < 4.78 is 0. The van der Waals surface area contributed by atoms with Crippen molar-refractivity contribution in [2.75, 3.05) is 0 Å². The Bertz CT molecular complexity index is 585. The van der Waals surface area contributed by atoms with Crippen LogP contribution in [0.3, 0.4) is 0 Å². The predicted octanol–water partition coefficient (Wildman–Crippen LogP) is 2.17. The van der Waals surface area contributed by atoms with Crippen molar-refractivity contribution >= 4 is 11.9 Å². The Hall–Kier alpha value is -2.35. The molecule has 0 aromatic heterocycles. The lowest BCUT2D eigenvalue weighted by Crippen LogP contribution is -2.45. The topological polar surface area (TPSA) is 73.2 Å². The van der Waals surface area contributed by atoms with Gasteiger partial charge < -0.3 is 5.32 Å². The van der Waals surface area contributed by atoms with Gasteiger partial charge in [0.2, 0.25) is 0 Å². The van der Waals surface area contributed by atoms with E-state index in [1.165, 1.54) is 4.90 Å². The maximum absolute atomic E-state index is 12.4. The van der Waals surface area contributed by atoms with Gasteiger partial charge in [-0.1, -0.05) is 26.0 Å². The van der Waals surface area contributed by atoms with Crippen LogP contribution in [0.25, 0.3) is 0 Å². The van der Waals surface area contributed by atoms with Crippen molar-refractivity contribution in [3.8, 4) is 6.07 Å². The van der Waals surface area contributed by atoms with Crippen molar-refractivity contribution in [2.24, 2.45) is 0 Å². The third-order valence-electron chi connectivity index (χ3n) is 3.85. The van der Waals surface area contributed by atoms with E-state index in [2.05, 4.69) is 5.32 Å². The van der Waals surface area contributed by atoms with Crippen LogP contribution in [-0.4, -0.2) is 22.4 Å². The third-order valence-corrected chi connectivity index (χ3v) is 3.85. The Morgan fingerprint density at radius 3 is 2.55 bits per heavy atom. The molecule has 104 valence electrons. The Morgan fingerprint density at radius 1 is 1.30 bits per heavy atom. The van der Waals surface area contributed by atoms with Crippen molar-refractivity contribution in [1.82, 2.24) is 10.2 Å². The number of hydrogen-bond donors (Lipinski definition) is 1. The fraction of sp³-hybridized carbons (Fsp3) is 0.400. The van der Waals surface area contributed by atoms with E-state index in [-0.39, 0.29) is 18.5 Å². The second-order valence-corrected chi connectivity index (χ2v) is 4.92. The molecular formula is C15H17N3O2. The number of carbonyl (C=O) groups is 2. The van der Waals surface area contributed by atoms with Crippen molar-refractivity contribution < 1.29 is 9.59 Å². The van der Waals surface area contributed by atoms with Crippen LogP contribution in [0.2, 0.25) is 0 Å². The molecule has 1 aliphatic rings. The van der Waals surface area contributed by atoms with Crippen molar-refractivity contribution in [3.63, 3.8) is 0 Å². The molecule has 0 bridgehead atoms. The van der Waals surface area contributed by atoms with Crippen LogP contribution < -0.4 is 5.32 Å². The highest BCUT2D eigenvalue weighted by molar-refractivity contribution is 6.06. The maximum Gasteiger partial charge on any atom is 0.325 e. The standard InChI is InChI=1S/C15H17N3O2/c1-3-15(4-2)13(19)18(14(20)17-15)10-12-7-5-6-11(8-12)9-16/h5-8H,3-4,10H2,1-2H3,(H,17,20). The average Bonchev–Trinajstić information content (AvgIpc) is 2.72. The van der Waals surface area contributed by atoms with E-state index in [4.69, 9.17) is 5.26 Å². The number of amides is 3. The molecule has 1 N–H and O–H groups in total. The SMILES string of the molecule is CCC1(CC)NC(=O)N(Cc2cccc(C#N)c2)C1=O. The first-order valence-electron chi connectivity index (χ1n) is 6.69. The number of imide groups is 1. The van der Waals surface area contributed by atoms with Gasteiger partial charge in [-0.05, 0) is 30.5 Å². The molecule has 0 atom stereocenters. The van der Waals surface area contributed by atoms with Gasteiger partial charge in [0.15, 0.2) is 0 Å². The van der Waals surface area contributed by atoms with Gasteiger partial charge in [0.25, 0.3) is 5.91 Å². The highest BCUT2D eigenvalue weighted by atomic mass is 16.2. The Labute approximate surface area is 118 Å². The molecule has 5 heteroatoms. The molecule has 0 saturated carbocycles. The summed E-state index contributed by atoms with van der Waals surface area (Å²) in [6.07, 6.45) is 1.14. The van der Waals surface area contributed by atoms with Gasteiger partial charge >= 0.3 is 6.03 Å². The van der Waals surface area contributed by atoms with E-state index in [0.29, 0.717) is 18.4 Å². The molecule has 1 saturated heterocycles. The van der Waals surface area contributed by atoms with Gasteiger partial charge in [0, 0.05) is 0 Å². The molecule has 1 aliphatic heterocycles. The molecule has 0 aliphatic carbocycles. The lowest BCUT2D eigenvalue weighted by Gasteiger charge is -2.23. The van der Waals surface area contributed by atoms with Gasteiger partial charge in [-0.3, -0.25) is 9.69 Å². The second kappa shape index (κ2) is 5.33. The highest BCUT2D eigenvalue weighted by Crippen LogP contribution is 2.26. The van der Waals surface area contributed by atoms with E-state index >= 15 is 0 Å². The van der Waals surface area contributed by atoms with E-state index in [1.54, 1.807) is 24.3 Å². The zero-order valence-corrected chi connectivity index (χ0v) is 11.6. The fourth-order valence-electron chi connectivity index (χ4n) is 2.47. The number of nitrogens with zero attached hydrogens (tertiary/aromatic N) is 2. The smallest absolute Gasteiger partial charge is 0.323 e. The molecule has 1 aromatic carbocycles. The number of hydrogen-bond acceptors (Lipinski definition) is 3. The van der Waals surface area contributed by atoms with Gasteiger partial charge in [-0.25, -0.2) is 4.79 Å². The Kier molecular flexibility index (Phi) is 3.75. The number of nitriles is 1. The minimum Gasteiger partial charge on any atom is -0.323 e. The van der Waals surface area contributed by atoms with E-state index in [9.17, 15) is 9.59 Å². The number of rotatable bonds is 4. The summed E-state index contributed by atoms with van der Waals surface area (Å²) in [6.45, 7) is 3.98. The first kappa shape index (κ1) is 14.1. The number of urea groups is 1. The zero-order valence-electron chi connectivity index (χ0n) is 11.6. The molecule has 2 rings (SSSR count). The van der Waals surface area contributed by atoms with Crippen LogP contribution in [0.1, 0.15) is 37.8 Å². The van der Waals surface area contributed by atoms with Crippen molar-refractivity contribution in [2.45, 2.75) is 38.8 Å².